The molecular formula is C17H29NO2. The average Bonchev–Trinajstić information content (AvgIpc) is 3.34. The third kappa shape index (κ3) is 3.05. The van der Waals surface area contributed by atoms with Crippen LogP contribution in [0.25, 0.3) is 0 Å². The molecule has 0 amide bonds. The van der Waals surface area contributed by atoms with Gasteiger partial charge >= 0.3 is 0 Å². The molecule has 0 N–H and O–H groups in total. The summed E-state index contributed by atoms with van der Waals surface area (Å²) in [5.41, 5.74) is 0.306. The first-order chi connectivity index (χ1) is 9.84. The van der Waals surface area contributed by atoms with E-state index in [0.29, 0.717) is 11.5 Å². The van der Waals surface area contributed by atoms with Crippen LogP contribution in [0.4, 0.5) is 0 Å². The number of likely N-dealkylation sites (tertiary alicyclic amines) is 1. The van der Waals surface area contributed by atoms with Crippen LogP contribution in [0.2, 0.25) is 0 Å². The van der Waals surface area contributed by atoms with Gasteiger partial charge in [0.05, 0.1) is 12.7 Å². The fourth-order valence-corrected chi connectivity index (χ4v) is 4.13. The van der Waals surface area contributed by atoms with E-state index in [1.807, 2.05) is 0 Å². The minimum atomic E-state index is 0.306. The Morgan fingerprint density at radius 2 is 1.95 bits per heavy atom. The molecule has 2 aliphatic heterocycles. The van der Waals surface area contributed by atoms with Gasteiger partial charge in [-0.2, -0.15) is 0 Å². The number of hydrogen-bond donors (Lipinski definition) is 0. The van der Waals surface area contributed by atoms with Crippen LogP contribution in [0, 0.1) is 17.3 Å². The van der Waals surface area contributed by atoms with Crippen molar-refractivity contribution in [3.8, 4) is 0 Å². The standard InChI is InChI=1S/C17H29NO2/c1-7-17(13-19-11-15-4-5-15)12-18(10-14-2-3-14)8-6-16(17)20-9-1/h14-16H,1-13H2/t16-,17+/m0/s1. The normalized spacial score (nSPS) is 38.7. The number of piperidine rings is 1. The zero-order chi connectivity index (χ0) is 13.4. The lowest BCUT2D eigenvalue weighted by Crippen LogP contribution is -2.57. The summed E-state index contributed by atoms with van der Waals surface area (Å²) in [5.74, 6) is 1.88. The van der Waals surface area contributed by atoms with Crippen LogP contribution in [-0.2, 0) is 9.47 Å². The van der Waals surface area contributed by atoms with E-state index in [1.54, 1.807) is 0 Å². The lowest BCUT2D eigenvalue weighted by atomic mass is 9.73. The number of nitrogens with zero attached hydrogens (tertiary/aromatic N) is 1. The monoisotopic (exact) mass is 279 g/mol. The van der Waals surface area contributed by atoms with E-state index in [0.717, 1.165) is 31.7 Å². The molecule has 20 heavy (non-hydrogen) atoms. The summed E-state index contributed by atoms with van der Waals surface area (Å²) in [5, 5.41) is 0. The van der Waals surface area contributed by atoms with E-state index in [2.05, 4.69) is 4.90 Å². The first-order valence-electron chi connectivity index (χ1n) is 8.76. The van der Waals surface area contributed by atoms with E-state index in [-0.39, 0.29) is 0 Å². The number of fused-ring (bicyclic) bond motifs is 1. The zero-order valence-corrected chi connectivity index (χ0v) is 12.7. The second-order valence-corrected chi connectivity index (χ2v) is 7.75. The Morgan fingerprint density at radius 1 is 1.10 bits per heavy atom. The molecule has 3 heteroatoms. The van der Waals surface area contributed by atoms with Crippen LogP contribution in [0.5, 0.6) is 0 Å². The molecule has 0 unspecified atom stereocenters. The van der Waals surface area contributed by atoms with Gasteiger partial charge in [-0.25, -0.2) is 0 Å². The Morgan fingerprint density at radius 3 is 2.75 bits per heavy atom. The molecule has 0 aromatic heterocycles. The van der Waals surface area contributed by atoms with Crippen molar-refractivity contribution in [2.24, 2.45) is 17.3 Å². The Kier molecular flexibility index (Phi) is 3.78. The number of hydrogen-bond acceptors (Lipinski definition) is 3. The van der Waals surface area contributed by atoms with E-state index >= 15 is 0 Å². The molecule has 3 nitrogen and oxygen atoms in total. The molecule has 2 heterocycles. The number of ether oxygens (including phenoxy) is 2. The van der Waals surface area contributed by atoms with Crippen molar-refractivity contribution < 1.29 is 9.47 Å². The minimum absolute atomic E-state index is 0.306. The van der Waals surface area contributed by atoms with Crippen molar-refractivity contribution in [2.75, 3.05) is 39.5 Å². The molecule has 2 saturated carbocycles. The van der Waals surface area contributed by atoms with Gasteiger partial charge in [-0.05, 0) is 56.8 Å². The van der Waals surface area contributed by atoms with Crippen molar-refractivity contribution in [2.45, 2.75) is 51.0 Å². The minimum Gasteiger partial charge on any atom is -0.380 e. The van der Waals surface area contributed by atoms with Crippen molar-refractivity contribution in [1.29, 1.82) is 0 Å². The molecule has 4 aliphatic rings. The Bertz CT molecular complexity index is 340. The van der Waals surface area contributed by atoms with E-state index in [4.69, 9.17) is 9.47 Å². The predicted molar refractivity (Wildman–Crippen MR) is 78.7 cm³/mol. The van der Waals surface area contributed by atoms with E-state index < -0.39 is 0 Å². The fourth-order valence-electron chi connectivity index (χ4n) is 4.13. The van der Waals surface area contributed by atoms with Crippen LogP contribution in [0.1, 0.15) is 44.9 Å². The molecule has 2 saturated heterocycles. The molecule has 0 bridgehead atoms. The van der Waals surface area contributed by atoms with E-state index in [1.165, 1.54) is 64.6 Å². The van der Waals surface area contributed by atoms with Gasteiger partial charge in [0.25, 0.3) is 0 Å². The first-order valence-corrected chi connectivity index (χ1v) is 8.76. The maximum absolute atomic E-state index is 6.12. The van der Waals surface area contributed by atoms with E-state index in [9.17, 15) is 0 Å². The fraction of sp³-hybridized carbons (Fsp3) is 1.00. The summed E-state index contributed by atoms with van der Waals surface area (Å²) in [4.78, 5) is 2.71. The summed E-state index contributed by atoms with van der Waals surface area (Å²) >= 11 is 0. The van der Waals surface area contributed by atoms with Crippen LogP contribution in [0.3, 0.4) is 0 Å². The second-order valence-electron chi connectivity index (χ2n) is 7.75. The summed E-state index contributed by atoms with van der Waals surface area (Å²) in [6, 6.07) is 0. The van der Waals surface area contributed by atoms with Crippen LogP contribution >= 0.6 is 0 Å². The molecule has 0 aromatic rings. The van der Waals surface area contributed by atoms with Gasteiger partial charge in [-0.15, -0.1) is 0 Å². The highest BCUT2D eigenvalue weighted by Gasteiger charge is 2.46. The topological polar surface area (TPSA) is 21.7 Å². The first kappa shape index (κ1) is 13.5. The highest BCUT2D eigenvalue weighted by atomic mass is 16.5. The summed E-state index contributed by atoms with van der Waals surface area (Å²) < 4.78 is 12.2. The summed E-state index contributed by atoms with van der Waals surface area (Å²) in [7, 11) is 0. The molecular weight excluding hydrogens is 250 g/mol. The Balaban J connectivity index is 1.38. The Hall–Kier alpha value is -0.120. The SMILES string of the molecule is C1CO[C@H]2CCN(CC3CC3)C[C@@]2(COCC2CC2)C1. The highest BCUT2D eigenvalue weighted by Crippen LogP contribution is 2.42. The summed E-state index contributed by atoms with van der Waals surface area (Å²) in [6.45, 7) is 6.70. The molecule has 0 radical (unpaired) electrons. The third-order valence-electron chi connectivity index (χ3n) is 5.72. The van der Waals surface area contributed by atoms with Crippen molar-refractivity contribution >= 4 is 0 Å². The molecule has 114 valence electrons. The molecule has 2 atom stereocenters. The maximum Gasteiger partial charge on any atom is 0.0677 e. The van der Waals surface area contributed by atoms with Crippen LogP contribution < -0.4 is 0 Å². The lowest BCUT2D eigenvalue weighted by Gasteiger charge is -2.50. The van der Waals surface area contributed by atoms with Crippen LogP contribution in [-0.4, -0.2) is 50.5 Å². The predicted octanol–water partition coefficient (Wildman–Crippen LogP) is 2.69. The van der Waals surface area contributed by atoms with Gasteiger partial charge < -0.3 is 14.4 Å². The molecule has 4 fully saturated rings. The molecule has 4 rings (SSSR count). The van der Waals surface area contributed by atoms with Gasteiger partial charge in [-0.3, -0.25) is 0 Å². The third-order valence-corrected chi connectivity index (χ3v) is 5.72. The van der Waals surface area contributed by atoms with Crippen molar-refractivity contribution in [1.82, 2.24) is 4.90 Å². The maximum atomic E-state index is 6.12. The average molecular weight is 279 g/mol. The molecule has 0 aromatic carbocycles. The van der Waals surface area contributed by atoms with Crippen molar-refractivity contribution in [3.05, 3.63) is 0 Å². The lowest BCUT2D eigenvalue weighted by molar-refractivity contribution is -0.153. The van der Waals surface area contributed by atoms with Gasteiger partial charge in [0.2, 0.25) is 0 Å². The van der Waals surface area contributed by atoms with Crippen LogP contribution in [0.15, 0.2) is 0 Å². The van der Waals surface area contributed by atoms with Gasteiger partial charge in [0.15, 0.2) is 0 Å². The second kappa shape index (κ2) is 5.58. The summed E-state index contributed by atoms with van der Waals surface area (Å²) in [6.07, 6.45) is 9.92. The molecule has 0 spiro atoms. The Labute approximate surface area is 123 Å². The van der Waals surface area contributed by atoms with Gasteiger partial charge in [-0.1, -0.05) is 0 Å². The largest absolute Gasteiger partial charge is 0.380 e. The van der Waals surface area contributed by atoms with Crippen molar-refractivity contribution in [3.63, 3.8) is 0 Å². The highest BCUT2D eigenvalue weighted by molar-refractivity contribution is 4.97. The smallest absolute Gasteiger partial charge is 0.0677 e. The number of rotatable bonds is 6. The quantitative estimate of drug-likeness (QED) is 0.746. The zero-order valence-electron chi connectivity index (χ0n) is 12.7. The molecule has 2 aliphatic carbocycles. The van der Waals surface area contributed by atoms with Gasteiger partial charge in [0.1, 0.15) is 0 Å². The van der Waals surface area contributed by atoms with Gasteiger partial charge in [0, 0.05) is 38.3 Å².